The van der Waals surface area contributed by atoms with Crippen LogP contribution in [0.5, 0.6) is 0 Å². The molecule has 2 aromatic heterocycles. The molecule has 1 spiro atoms. The Labute approximate surface area is 359 Å². The van der Waals surface area contributed by atoms with Gasteiger partial charge in [0, 0.05) is 27.5 Å². The number of nitrogens with zero attached hydrogens (tertiary/aromatic N) is 4. The van der Waals surface area contributed by atoms with E-state index in [1.807, 2.05) is 12.1 Å². The van der Waals surface area contributed by atoms with Gasteiger partial charge in [0.05, 0.1) is 22.1 Å². The quantitative estimate of drug-likeness (QED) is 0.174. The molecule has 0 atom stereocenters. The lowest BCUT2D eigenvalue weighted by Gasteiger charge is -2.39. The summed E-state index contributed by atoms with van der Waals surface area (Å²) in [6.45, 7) is 0. The monoisotopic (exact) mass is 788 g/mol. The van der Waals surface area contributed by atoms with Gasteiger partial charge in [-0.25, -0.2) is 15.0 Å². The maximum absolute atomic E-state index is 5.29. The lowest BCUT2D eigenvalue weighted by Crippen LogP contribution is -2.33. The summed E-state index contributed by atoms with van der Waals surface area (Å²) in [5.41, 5.74) is 18.1. The van der Waals surface area contributed by atoms with Crippen molar-refractivity contribution in [2.24, 2.45) is 0 Å². The van der Waals surface area contributed by atoms with Crippen molar-refractivity contribution >= 4 is 21.8 Å². The summed E-state index contributed by atoms with van der Waals surface area (Å²) >= 11 is 0. The van der Waals surface area contributed by atoms with E-state index in [0.29, 0.717) is 17.5 Å². The van der Waals surface area contributed by atoms with Crippen LogP contribution in [-0.2, 0) is 5.41 Å². The molecule has 0 saturated carbocycles. The van der Waals surface area contributed by atoms with Crippen LogP contribution in [0.3, 0.4) is 0 Å². The zero-order valence-electron chi connectivity index (χ0n) is 33.6. The van der Waals surface area contributed by atoms with Crippen LogP contribution in [0.25, 0.3) is 95.0 Å². The highest BCUT2D eigenvalue weighted by atomic mass is 15.0. The Bertz CT molecular complexity index is 3400. The SMILES string of the molecule is c1ccc(-c2ccc(-c3nc(-c4ccc(-c5ccccc5)cc4)nc(-c4ccc5c(c4)-n4c6ccccc6c6cccc(c64)C54c5ccccc5-c5ccccc54)n3)cc2)cc1. The molecule has 4 heteroatoms. The van der Waals surface area contributed by atoms with Gasteiger partial charge >= 0.3 is 0 Å². The summed E-state index contributed by atoms with van der Waals surface area (Å²) in [7, 11) is 0. The summed E-state index contributed by atoms with van der Waals surface area (Å²) in [5, 5.41) is 2.48. The van der Waals surface area contributed by atoms with E-state index in [0.717, 1.165) is 33.5 Å². The smallest absolute Gasteiger partial charge is 0.164 e. The van der Waals surface area contributed by atoms with Crippen molar-refractivity contribution in [2.75, 3.05) is 0 Å². The third-order valence-corrected chi connectivity index (χ3v) is 13.1. The number of rotatable bonds is 5. The third kappa shape index (κ3) is 4.98. The molecule has 4 nitrogen and oxygen atoms in total. The summed E-state index contributed by atoms with van der Waals surface area (Å²) < 4.78 is 2.49. The molecule has 0 fully saturated rings. The average Bonchev–Trinajstić information content (AvgIpc) is 3.85. The van der Waals surface area contributed by atoms with E-state index in [2.05, 4.69) is 211 Å². The molecule has 11 aromatic rings. The molecule has 3 heterocycles. The number of hydrogen-bond donors (Lipinski definition) is 0. The standard InChI is InChI=1S/C58H36N4/c1-3-14-37(15-4-1)39-26-30-41(31-27-39)55-59-56(42-32-28-40(29-33-42)38-16-5-2-6-17-38)61-57(60-55)43-34-35-50-53(36-43)62-52-25-12-9-20-46(52)47-21-13-24-51(54(47)62)58(50)48-22-10-7-18-44(48)45-19-8-11-23-49(45)58/h1-36H. The first-order chi connectivity index (χ1) is 30.7. The zero-order valence-corrected chi connectivity index (χ0v) is 33.6. The maximum Gasteiger partial charge on any atom is 0.164 e. The minimum atomic E-state index is -0.526. The second-order valence-electron chi connectivity index (χ2n) is 16.3. The summed E-state index contributed by atoms with van der Waals surface area (Å²) in [6.07, 6.45) is 0. The second-order valence-corrected chi connectivity index (χ2v) is 16.3. The molecule has 288 valence electrons. The average molecular weight is 789 g/mol. The van der Waals surface area contributed by atoms with Crippen molar-refractivity contribution in [1.82, 2.24) is 19.5 Å². The van der Waals surface area contributed by atoms with Crippen molar-refractivity contribution in [3.8, 4) is 73.2 Å². The topological polar surface area (TPSA) is 43.6 Å². The fourth-order valence-corrected chi connectivity index (χ4v) is 10.4. The second kappa shape index (κ2) is 13.4. The highest BCUT2D eigenvalue weighted by molar-refractivity contribution is 6.13. The highest BCUT2D eigenvalue weighted by Gasteiger charge is 2.50. The molecule has 1 aliphatic heterocycles. The van der Waals surface area contributed by atoms with Gasteiger partial charge in [-0.05, 0) is 67.8 Å². The van der Waals surface area contributed by atoms with Crippen molar-refractivity contribution in [3.05, 3.63) is 241 Å². The first kappa shape index (κ1) is 34.6. The van der Waals surface area contributed by atoms with Crippen LogP contribution < -0.4 is 0 Å². The molecule has 0 unspecified atom stereocenters. The molecular formula is C58H36N4. The fourth-order valence-electron chi connectivity index (χ4n) is 10.4. The molecule has 0 radical (unpaired) electrons. The Balaban J connectivity index is 1.05. The molecule has 0 amide bonds. The number of aromatic nitrogens is 4. The largest absolute Gasteiger partial charge is 0.309 e. The van der Waals surface area contributed by atoms with Crippen LogP contribution in [0.4, 0.5) is 0 Å². The van der Waals surface area contributed by atoms with E-state index in [1.165, 1.54) is 66.3 Å². The van der Waals surface area contributed by atoms with Crippen LogP contribution >= 0.6 is 0 Å². The Morgan fingerprint density at radius 1 is 0.306 bits per heavy atom. The van der Waals surface area contributed by atoms with E-state index in [4.69, 9.17) is 15.0 Å². The predicted octanol–water partition coefficient (Wildman–Crippen LogP) is 14.0. The molecule has 0 bridgehead atoms. The van der Waals surface area contributed by atoms with E-state index >= 15 is 0 Å². The molecule has 62 heavy (non-hydrogen) atoms. The number of hydrogen-bond acceptors (Lipinski definition) is 3. The van der Waals surface area contributed by atoms with Gasteiger partial charge < -0.3 is 4.57 Å². The normalized spacial score (nSPS) is 13.0. The maximum atomic E-state index is 5.29. The minimum Gasteiger partial charge on any atom is -0.309 e. The van der Waals surface area contributed by atoms with Crippen molar-refractivity contribution in [3.63, 3.8) is 0 Å². The summed E-state index contributed by atoms with van der Waals surface area (Å²) in [6, 6.07) is 78.5. The van der Waals surface area contributed by atoms with Crippen LogP contribution in [0, 0.1) is 0 Å². The number of fused-ring (bicyclic) bond motifs is 12. The predicted molar refractivity (Wildman–Crippen MR) is 252 cm³/mol. The fraction of sp³-hybridized carbons (Fsp3) is 0.0172. The van der Waals surface area contributed by atoms with Gasteiger partial charge in [-0.2, -0.15) is 0 Å². The third-order valence-electron chi connectivity index (χ3n) is 13.1. The molecule has 0 saturated heterocycles. The van der Waals surface area contributed by atoms with Gasteiger partial charge in [0.2, 0.25) is 0 Å². The Hall–Kier alpha value is -8.21. The molecule has 0 N–H and O–H groups in total. The Kier molecular flexibility index (Phi) is 7.49. The summed E-state index contributed by atoms with van der Waals surface area (Å²) in [4.78, 5) is 15.7. The zero-order chi connectivity index (χ0) is 40.8. The van der Waals surface area contributed by atoms with Gasteiger partial charge in [-0.15, -0.1) is 0 Å². The van der Waals surface area contributed by atoms with E-state index in [1.54, 1.807) is 0 Å². The molecule has 1 aliphatic carbocycles. The lowest BCUT2D eigenvalue weighted by atomic mass is 9.65. The molecule has 13 rings (SSSR count). The van der Waals surface area contributed by atoms with Gasteiger partial charge in [0.25, 0.3) is 0 Å². The molecule has 9 aromatic carbocycles. The number of para-hydroxylation sites is 2. The van der Waals surface area contributed by atoms with Crippen molar-refractivity contribution in [2.45, 2.75) is 5.41 Å². The molecule has 2 aliphatic rings. The van der Waals surface area contributed by atoms with E-state index in [9.17, 15) is 0 Å². The van der Waals surface area contributed by atoms with Gasteiger partial charge in [0.15, 0.2) is 17.5 Å². The number of benzene rings is 9. The highest BCUT2D eigenvalue weighted by Crippen LogP contribution is 2.61. The molecular weight excluding hydrogens is 753 g/mol. The van der Waals surface area contributed by atoms with Crippen LogP contribution in [0.15, 0.2) is 218 Å². The van der Waals surface area contributed by atoms with Gasteiger partial charge in [-0.1, -0.05) is 206 Å². The Morgan fingerprint density at radius 2 is 0.742 bits per heavy atom. The first-order valence-corrected chi connectivity index (χ1v) is 21.2. The van der Waals surface area contributed by atoms with E-state index < -0.39 is 5.41 Å². The minimum absolute atomic E-state index is 0.526. The van der Waals surface area contributed by atoms with Gasteiger partial charge in [-0.3, -0.25) is 0 Å². The van der Waals surface area contributed by atoms with Gasteiger partial charge in [0.1, 0.15) is 0 Å². The van der Waals surface area contributed by atoms with Crippen molar-refractivity contribution in [1.29, 1.82) is 0 Å². The summed E-state index contributed by atoms with van der Waals surface area (Å²) in [5.74, 6) is 1.88. The first-order valence-electron chi connectivity index (χ1n) is 21.2. The Morgan fingerprint density at radius 3 is 1.34 bits per heavy atom. The van der Waals surface area contributed by atoms with Crippen LogP contribution in [-0.4, -0.2) is 19.5 Å². The van der Waals surface area contributed by atoms with Crippen LogP contribution in [0.1, 0.15) is 22.3 Å². The lowest BCUT2D eigenvalue weighted by molar-refractivity contribution is 0.748. The van der Waals surface area contributed by atoms with Crippen molar-refractivity contribution < 1.29 is 0 Å². The van der Waals surface area contributed by atoms with Crippen LogP contribution in [0.2, 0.25) is 0 Å². The van der Waals surface area contributed by atoms with E-state index in [-0.39, 0.29) is 0 Å².